The van der Waals surface area contributed by atoms with Crippen LogP contribution in [0.4, 0.5) is 4.39 Å². The van der Waals surface area contributed by atoms with E-state index in [2.05, 4.69) is 19.2 Å². The lowest BCUT2D eigenvalue weighted by atomic mass is 9.99. The first-order valence-corrected chi connectivity index (χ1v) is 3.98. The van der Waals surface area contributed by atoms with Gasteiger partial charge < -0.3 is 5.32 Å². The fourth-order valence-corrected chi connectivity index (χ4v) is 1.32. The smallest absolute Gasteiger partial charge is 0.102 e. The van der Waals surface area contributed by atoms with Crippen molar-refractivity contribution < 1.29 is 4.39 Å². The third-order valence-electron chi connectivity index (χ3n) is 2.27. The predicted octanol–water partition coefficient (Wildman–Crippen LogP) is 1.73. The van der Waals surface area contributed by atoms with Crippen LogP contribution in [0.25, 0.3) is 0 Å². The molecule has 10 heavy (non-hydrogen) atoms. The molecular weight excluding hydrogens is 129 g/mol. The van der Waals surface area contributed by atoms with Crippen molar-refractivity contribution >= 4 is 0 Å². The minimum absolute atomic E-state index is 0.173. The standard InChI is InChI=1S/C8H16FN/c1-8(2,7-3-4-7)10-6-5-9/h7,10H,3-6H2,1-2H3. The molecule has 0 saturated heterocycles. The fraction of sp³-hybridized carbons (Fsp3) is 1.00. The van der Waals surface area contributed by atoms with Crippen molar-refractivity contribution in [2.45, 2.75) is 32.2 Å². The van der Waals surface area contributed by atoms with Crippen LogP contribution in [-0.2, 0) is 0 Å². The zero-order chi connectivity index (χ0) is 7.61. The summed E-state index contributed by atoms with van der Waals surface area (Å²) in [6, 6.07) is 0. The monoisotopic (exact) mass is 145 g/mol. The quantitative estimate of drug-likeness (QED) is 0.635. The highest BCUT2D eigenvalue weighted by atomic mass is 19.1. The molecule has 0 aromatic heterocycles. The van der Waals surface area contributed by atoms with Crippen molar-refractivity contribution in [2.24, 2.45) is 5.92 Å². The zero-order valence-corrected chi connectivity index (χ0v) is 6.78. The van der Waals surface area contributed by atoms with Gasteiger partial charge in [0, 0.05) is 12.1 Å². The van der Waals surface area contributed by atoms with Gasteiger partial charge in [-0.25, -0.2) is 4.39 Å². The Morgan fingerprint density at radius 1 is 1.50 bits per heavy atom. The maximum Gasteiger partial charge on any atom is 0.102 e. The van der Waals surface area contributed by atoms with E-state index in [1.165, 1.54) is 12.8 Å². The van der Waals surface area contributed by atoms with Crippen molar-refractivity contribution in [3.63, 3.8) is 0 Å². The van der Waals surface area contributed by atoms with Crippen LogP contribution in [0, 0.1) is 5.92 Å². The third-order valence-corrected chi connectivity index (χ3v) is 2.27. The number of alkyl halides is 1. The summed E-state index contributed by atoms with van der Waals surface area (Å²) >= 11 is 0. The molecule has 1 aliphatic rings. The zero-order valence-electron chi connectivity index (χ0n) is 6.78. The van der Waals surface area contributed by atoms with Gasteiger partial charge in [0.1, 0.15) is 6.67 Å². The first-order chi connectivity index (χ1) is 4.67. The van der Waals surface area contributed by atoms with Crippen molar-refractivity contribution in [3.05, 3.63) is 0 Å². The molecule has 0 amide bonds. The Morgan fingerprint density at radius 3 is 2.50 bits per heavy atom. The summed E-state index contributed by atoms with van der Waals surface area (Å²) in [5, 5.41) is 3.20. The Morgan fingerprint density at radius 2 is 2.10 bits per heavy atom. The van der Waals surface area contributed by atoms with Crippen molar-refractivity contribution in [3.8, 4) is 0 Å². The van der Waals surface area contributed by atoms with E-state index in [1.54, 1.807) is 0 Å². The summed E-state index contributed by atoms with van der Waals surface area (Å²) in [5.41, 5.74) is 0.173. The second kappa shape index (κ2) is 2.87. The van der Waals surface area contributed by atoms with E-state index in [0.29, 0.717) is 6.54 Å². The largest absolute Gasteiger partial charge is 0.309 e. The van der Waals surface area contributed by atoms with E-state index in [0.717, 1.165) is 5.92 Å². The molecule has 0 atom stereocenters. The van der Waals surface area contributed by atoms with E-state index >= 15 is 0 Å². The Hall–Kier alpha value is -0.110. The molecule has 60 valence electrons. The molecule has 0 heterocycles. The number of nitrogens with one attached hydrogen (secondary N) is 1. The van der Waals surface area contributed by atoms with E-state index < -0.39 is 0 Å². The topological polar surface area (TPSA) is 12.0 Å². The molecule has 1 aliphatic carbocycles. The second-order valence-corrected chi connectivity index (χ2v) is 3.61. The molecule has 0 unspecified atom stereocenters. The van der Waals surface area contributed by atoms with Crippen molar-refractivity contribution in [1.82, 2.24) is 5.32 Å². The van der Waals surface area contributed by atoms with Crippen LogP contribution in [-0.4, -0.2) is 18.8 Å². The van der Waals surface area contributed by atoms with Crippen LogP contribution in [0.2, 0.25) is 0 Å². The second-order valence-electron chi connectivity index (χ2n) is 3.61. The fourth-order valence-electron chi connectivity index (χ4n) is 1.32. The molecule has 0 radical (unpaired) electrons. The Kier molecular flexibility index (Phi) is 2.29. The SMILES string of the molecule is CC(C)(NCCF)C1CC1. The van der Waals surface area contributed by atoms with Crippen LogP contribution in [0.15, 0.2) is 0 Å². The predicted molar refractivity (Wildman–Crippen MR) is 40.8 cm³/mol. The lowest BCUT2D eigenvalue weighted by Crippen LogP contribution is -2.42. The number of halogens is 1. The van der Waals surface area contributed by atoms with E-state index in [9.17, 15) is 4.39 Å². The van der Waals surface area contributed by atoms with E-state index in [-0.39, 0.29) is 12.2 Å². The van der Waals surface area contributed by atoms with Gasteiger partial charge in [-0.05, 0) is 32.6 Å². The average Bonchev–Trinajstić information content (AvgIpc) is 2.64. The van der Waals surface area contributed by atoms with Gasteiger partial charge in [0.05, 0.1) is 0 Å². The minimum Gasteiger partial charge on any atom is -0.309 e. The van der Waals surface area contributed by atoms with Gasteiger partial charge in [0.25, 0.3) is 0 Å². The lowest BCUT2D eigenvalue weighted by Gasteiger charge is -2.25. The highest BCUT2D eigenvalue weighted by Gasteiger charge is 2.36. The lowest BCUT2D eigenvalue weighted by molar-refractivity contribution is 0.321. The van der Waals surface area contributed by atoms with Crippen LogP contribution in [0.3, 0.4) is 0 Å². The summed E-state index contributed by atoms with van der Waals surface area (Å²) < 4.78 is 11.7. The van der Waals surface area contributed by atoms with Crippen LogP contribution < -0.4 is 5.32 Å². The maximum atomic E-state index is 11.7. The van der Waals surface area contributed by atoms with Gasteiger partial charge in [0.15, 0.2) is 0 Å². The highest BCUT2D eigenvalue weighted by Crippen LogP contribution is 2.38. The van der Waals surface area contributed by atoms with Gasteiger partial charge in [0.2, 0.25) is 0 Å². The molecule has 1 saturated carbocycles. The molecule has 1 fully saturated rings. The Labute approximate surface area is 62.0 Å². The Bertz CT molecular complexity index is 108. The normalized spacial score (nSPS) is 19.5. The van der Waals surface area contributed by atoms with Crippen molar-refractivity contribution in [2.75, 3.05) is 13.2 Å². The molecule has 0 aromatic carbocycles. The van der Waals surface area contributed by atoms with Gasteiger partial charge in [-0.1, -0.05) is 0 Å². The molecule has 1 nitrogen and oxygen atoms in total. The van der Waals surface area contributed by atoms with E-state index in [1.807, 2.05) is 0 Å². The molecule has 0 aliphatic heterocycles. The van der Waals surface area contributed by atoms with Crippen molar-refractivity contribution in [1.29, 1.82) is 0 Å². The summed E-state index contributed by atoms with van der Waals surface area (Å²) in [6.07, 6.45) is 2.62. The first kappa shape index (κ1) is 7.99. The van der Waals surface area contributed by atoms with Gasteiger partial charge in [-0.2, -0.15) is 0 Å². The summed E-state index contributed by atoms with van der Waals surface area (Å²) in [6.45, 7) is 4.56. The van der Waals surface area contributed by atoms with Gasteiger partial charge in [-0.3, -0.25) is 0 Å². The summed E-state index contributed by atoms with van der Waals surface area (Å²) in [5.74, 6) is 0.791. The summed E-state index contributed by atoms with van der Waals surface area (Å²) in [7, 11) is 0. The van der Waals surface area contributed by atoms with E-state index in [4.69, 9.17) is 0 Å². The van der Waals surface area contributed by atoms with Gasteiger partial charge in [-0.15, -0.1) is 0 Å². The first-order valence-electron chi connectivity index (χ1n) is 3.98. The Balaban J connectivity index is 2.20. The summed E-state index contributed by atoms with van der Waals surface area (Å²) in [4.78, 5) is 0. The molecule has 0 aromatic rings. The third kappa shape index (κ3) is 1.94. The highest BCUT2D eigenvalue weighted by molar-refractivity contribution is 4.93. The minimum atomic E-state index is -0.254. The average molecular weight is 145 g/mol. The molecule has 2 heteroatoms. The molecule has 0 bridgehead atoms. The molecular formula is C8H16FN. The molecule has 1 rings (SSSR count). The van der Waals surface area contributed by atoms with Gasteiger partial charge >= 0.3 is 0 Å². The number of rotatable bonds is 4. The maximum absolute atomic E-state index is 11.7. The van der Waals surface area contributed by atoms with Crippen LogP contribution >= 0.6 is 0 Å². The van der Waals surface area contributed by atoms with Crippen LogP contribution in [0.5, 0.6) is 0 Å². The number of hydrogen-bond acceptors (Lipinski definition) is 1. The van der Waals surface area contributed by atoms with Crippen LogP contribution in [0.1, 0.15) is 26.7 Å². The molecule has 1 N–H and O–H groups in total. The number of hydrogen-bond donors (Lipinski definition) is 1. The molecule has 0 spiro atoms.